The lowest BCUT2D eigenvalue weighted by Crippen LogP contribution is -2.06. The summed E-state index contributed by atoms with van der Waals surface area (Å²) in [4.78, 5) is 9.85. The minimum Gasteiger partial charge on any atom is -0.366 e. The lowest BCUT2D eigenvalue weighted by atomic mass is 10.2. The van der Waals surface area contributed by atoms with Gasteiger partial charge in [-0.3, -0.25) is 0 Å². The lowest BCUT2D eigenvalue weighted by molar-refractivity contribution is 0.598. The van der Waals surface area contributed by atoms with Gasteiger partial charge in [-0.25, -0.2) is 4.98 Å². The van der Waals surface area contributed by atoms with E-state index in [2.05, 4.69) is 40.3 Å². The van der Waals surface area contributed by atoms with Gasteiger partial charge < -0.3 is 10.6 Å². The number of sulfonamides is 1. The summed E-state index contributed by atoms with van der Waals surface area (Å²) < 4.78 is 30.2. The van der Waals surface area contributed by atoms with Gasteiger partial charge in [-0.1, -0.05) is 34.5 Å². The van der Waals surface area contributed by atoms with Crippen molar-refractivity contribution in [3.63, 3.8) is 0 Å². The Morgan fingerprint density at radius 3 is 2.61 bits per heavy atom. The first-order valence-corrected chi connectivity index (χ1v) is 13.5. The Bertz CT molecular complexity index is 1240. The SMILES string of the molecule is Cc1ccc(S(=O)(=O)N=[S@@](C)c2cccc(Nc3ncc(Br)c(NC4CC4)n3)c2)cc1. The molecule has 0 unspecified atom stereocenters. The van der Waals surface area contributed by atoms with Gasteiger partial charge in [-0.15, -0.1) is 3.77 Å². The summed E-state index contributed by atoms with van der Waals surface area (Å²) in [6.45, 7) is 1.91. The molecule has 1 aliphatic rings. The zero-order valence-corrected chi connectivity index (χ0v) is 20.3. The van der Waals surface area contributed by atoms with E-state index in [0.29, 0.717) is 12.0 Å². The van der Waals surface area contributed by atoms with Gasteiger partial charge in [0.25, 0.3) is 10.0 Å². The topological polar surface area (TPSA) is 96.3 Å². The maximum atomic E-state index is 12.7. The summed E-state index contributed by atoms with van der Waals surface area (Å²) in [7, 11) is -4.58. The second-order valence-corrected chi connectivity index (χ2v) is 11.6. The first-order valence-electron chi connectivity index (χ1n) is 9.67. The van der Waals surface area contributed by atoms with Crippen LogP contribution in [-0.2, 0) is 20.7 Å². The van der Waals surface area contributed by atoms with Crippen LogP contribution < -0.4 is 10.6 Å². The van der Waals surface area contributed by atoms with E-state index in [-0.39, 0.29) is 4.90 Å². The number of aromatic nitrogens is 2. The van der Waals surface area contributed by atoms with Crippen LogP contribution >= 0.6 is 15.9 Å². The zero-order valence-electron chi connectivity index (χ0n) is 17.0. The highest BCUT2D eigenvalue weighted by molar-refractivity contribution is 9.10. The summed E-state index contributed by atoms with van der Waals surface area (Å²) >= 11 is 3.47. The van der Waals surface area contributed by atoms with E-state index in [1.807, 2.05) is 31.2 Å². The Balaban J connectivity index is 1.55. The molecular weight excluding hydrogens is 498 g/mol. The van der Waals surface area contributed by atoms with E-state index < -0.39 is 20.7 Å². The monoisotopic (exact) mass is 519 g/mol. The van der Waals surface area contributed by atoms with Crippen LogP contribution in [0.2, 0.25) is 0 Å². The maximum Gasteiger partial charge on any atom is 0.288 e. The van der Waals surface area contributed by atoms with Gasteiger partial charge in [0.05, 0.1) is 9.37 Å². The maximum absolute atomic E-state index is 12.7. The van der Waals surface area contributed by atoms with Crippen molar-refractivity contribution in [2.24, 2.45) is 3.77 Å². The number of halogens is 1. The lowest BCUT2D eigenvalue weighted by Gasteiger charge is -2.11. The molecule has 0 saturated heterocycles. The van der Waals surface area contributed by atoms with Crippen molar-refractivity contribution in [1.29, 1.82) is 0 Å². The summed E-state index contributed by atoms with van der Waals surface area (Å²) in [6, 6.07) is 14.7. The third kappa shape index (κ3) is 5.69. The Labute approximate surface area is 193 Å². The van der Waals surface area contributed by atoms with Crippen molar-refractivity contribution >= 4 is 54.1 Å². The Morgan fingerprint density at radius 2 is 1.90 bits per heavy atom. The molecule has 2 N–H and O–H groups in total. The predicted molar refractivity (Wildman–Crippen MR) is 128 cm³/mol. The van der Waals surface area contributed by atoms with Gasteiger partial charge in [-0.2, -0.15) is 13.4 Å². The van der Waals surface area contributed by atoms with Gasteiger partial charge in [0.1, 0.15) is 5.82 Å². The van der Waals surface area contributed by atoms with E-state index in [1.165, 1.54) is 0 Å². The quantitative estimate of drug-likeness (QED) is 0.453. The third-order valence-electron chi connectivity index (χ3n) is 4.62. The van der Waals surface area contributed by atoms with Crippen LogP contribution in [-0.4, -0.2) is 30.7 Å². The molecule has 4 rings (SSSR count). The molecule has 1 aliphatic carbocycles. The average Bonchev–Trinajstić information content (AvgIpc) is 3.55. The molecule has 7 nitrogen and oxygen atoms in total. The van der Waals surface area contributed by atoms with Gasteiger partial charge in [0.15, 0.2) is 0 Å². The number of nitrogens with zero attached hydrogens (tertiary/aromatic N) is 3. The molecule has 10 heteroatoms. The molecule has 31 heavy (non-hydrogen) atoms. The minimum absolute atomic E-state index is 0.200. The standard InChI is InChI=1S/C21H22BrN5O2S2/c1-14-6-10-18(11-7-14)31(28,29)27-30(2)17-5-3-4-16(12-17)25-21-23-13-19(22)20(26-21)24-15-8-9-15/h3-7,10-13,15H,8-9H2,1-2H3,(H2,23,24,25,26)/t30-/m0/s1. The predicted octanol–water partition coefficient (Wildman–Crippen LogP) is 5.04. The molecular formula is C21H22BrN5O2S2. The van der Waals surface area contributed by atoms with Crippen LogP contribution in [0.4, 0.5) is 17.5 Å². The van der Waals surface area contributed by atoms with E-state index in [1.54, 1.807) is 36.7 Å². The van der Waals surface area contributed by atoms with E-state index >= 15 is 0 Å². The van der Waals surface area contributed by atoms with Crippen molar-refractivity contribution in [3.05, 3.63) is 64.8 Å². The number of anilines is 3. The average molecular weight is 520 g/mol. The van der Waals surface area contributed by atoms with Crippen molar-refractivity contribution in [2.45, 2.75) is 35.6 Å². The fourth-order valence-corrected chi connectivity index (χ4v) is 6.00. The zero-order chi connectivity index (χ0) is 22.0. The third-order valence-corrected chi connectivity index (χ3v) is 8.69. The van der Waals surface area contributed by atoms with Gasteiger partial charge in [0.2, 0.25) is 5.95 Å². The minimum atomic E-state index is -3.73. The molecule has 1 aromatic heterocycles. The summed E-state index contributed by atoms with van der Waals surface area (Å²) in [5.41, 5.74) is 1.76. The number of nitrogens with one attached hydrogen (secondary N) is 2. The molecule has 2 aromatic carbocycles. The van der Waals surface area contributed by atoms with Crippen LogP contribution in [0.5, 0.6) is 0 Å². The summed E-state index contributed by atoms with van der Waals surface area (Å²) in [5, 5.41) is 6.56. The number of hydrogen-bond acceptors (Lipinski definition) is 6. The molecule has 0 amide bonds. The Morgan fingerprint density at radius 1 is 1.16 bits per heavy atom. The normalized spacial score (nSPS) is 14.9. The second-order valence-electron chi connectivity index (χ2n) is 7.30. The van der Waals surface area contributed by atoms with E-state index in [0.717, 1.165) is 39.3 Å². The molecule has 0 bridgehead atoms. The Kier molecular flexibility index (Phi) is 6.40. The van der Waals surface area contributed by atoms with Crippen LogP contribution in [0, 0.1) is 6.92 Å². The molecule has 0 radical (unpaired) electrons. The molecule has 1 atom stereocenters. The molecule has 162 valence electrons. The van der Waals surface area contributed by atoms with Crippen molar-refractivity contribution < 1.29 is 8.42 Å². The molecule has 3 aromatic rings. The molecule has 1 saturated carbocycles. The fraction of sp³-hybridized carbons (Fsp3) is 0.238. The van der Waals surface area contributed by atoms with Crippen LogP contribution in [0.25, 0.3) is 0 Å². The molecule has 0 spiro atoms. The van der Waals surface area contributed by atoms with Crippen molar-refractivity contribution in [2.75, 3.05) is 16.9 Å². The molecule has 0 aliphatic heterocycles. The van der Waals surface area contributed by atoms with Crippen LogP contribution in [0.1, 0.15) is 18.4 Å². The van der Waals surface area contributed by atoms with Crippen LogP contribution in [0.3, 0.4) is 0 Å². The number of rotatable bonds is 7. The second kappa shape index (κ2) is 9.05. The molecule has 1 heterocycles. The highest BCUT2D eigenvalue weighted by atomic mass is 79.9. The smallest absolute Gasteiger partial charge is 0.288 e. The first-order chi connectivity index (χ1) is 14.8. The van der Waals surface area contributed by atoms with Crippen molar-refractivity contribution in [1.82, 2.24) is 9.97 Å². The van der Waals surface area contributed by atoms with Gasteiger partial charge in [-0.05, 0) is 72.3 Å². The van der Waals surface area contributed by atoms with E-state index in [9.17, 15) is 8.42 Å². The number of hydrogen-bond donors (Lipinski definition) is 2. The summed E-state index contributed by atoms with van der Waals surface area (Å²) in [5.74, 6) is 1.22. The number of benzene rings is 2. The largest absolute Gasteiger partial charge is 0.366 e. The molecule has 1 fully saturated rings. The number of aryl methyl sites for hydroxylation is 1. The summed E-state index contributed by atoms with van der Waals surface area (Å²) in [6.07, 6.45) is 5.79. The van der Waals surface area contributed by atoms with Gasteiger partial charge in [0, 0.05) is 22.8 Å². The van der Waals surface area contributed by atoms with Crippen LogP contribution in [0.15, 0.2) is 72.8 Å². The Hall–Kier alpha value is -2.30. The highest BCUT2D eigenvalue weighted by Gasteiger charge is 2.22. The fourth-order valence-electron chi connectivity index (χ4n) is 2.78. The highest BCUT2D eigenvalue weighted by Crippen LogP contribution is 2.29. The van der Waals surface area contributed by atoms with E-state index in [4.69, 9.17) is 0 Å². The van der Waals surface area contributed by atoms with Gasteiger partial charge >= 0.3 is 0 Å². The van der Waals surface area contributed by atoms with Crippen molar-refractivity contribution in [3.8, 4) is 0 Å². The first kappa shape index (κ1) is 21.9.